The fourth-order valence-corrected chi connectivity index (χ4v) is 8.84. The highest BCUT2D eigenvalue weighted by atomic mass is 16.6. The zero-order valence-corrected chi connectivity index (χ0v) is 47.2. The molecule has 0 unspecified atom stereocenters. The van der Waals surface area contributed by atoms with Crippen LogP contribution in [0.5, 0.6) is 0 Å². The molecule has 1 atom stereocenters. The molecule has 0 aliphatic rings. The van der Waals surface area contributed by atoms with Crippen LogP contribution >= 0.6 is 0 Å². The van der Waals surface area contributed by atoms with Gasteiger partial charge in [0.25, 0.3) is 0 Å². The predicted molar refractivity (Wildman–Crippen MR) is 307 cm³/mol. The lowest BCUT2D eigenvalue weighted by Crippen LogP contribution is -2.30. The molecule has 0 heterocycles. The smallest absolute Gasteiger partial charge is 0.306 e. The first-order valence-electron chi connectivity index (χ1n) is 30.8. The van der Waals surface area contributed by atoms with E-state index in [1.54, 1.807) is 0 Å². The third kappa shape index (κ3) is 57.9. The summed E-state index contributed by atoms with van der Waals surface area (Å²) in [4.78, 5) is 38.2. The lowest BCUT2D eigenvalue weighted by atomic mass is 10.0. The van der Waals surface area contributed by atoms with E-state index in [9.17, 15) is 14.4 Å². The molecule has 0 aromatic carbocycles. The number of hydrogen-bond acceptors (Lipinski definition) is 6. The van der Waals surface area contributed by atoms with Gasteiger partial charge < -0.3 is 14.2 Å². The first-order valence-corrected chi connectivity index (χ1v) is 30.8. The van der Waals surface area contributed by atoms with Gasteiger partial charge in [-0.15, -0.1) is 0 Å². The Kier molecular flexibility index (Phi) is 57.2. The summed E-state index contributed by atoms with van der Waals surface area (Å²) in [5.74, 6) is -0.939. The molecule has 6 heteroatoms. The Balaban J connectivity index is 4.42. The van der Waals surface area contributed by atoms with Crippen LogP contribution in [0.4, 0.5) is 0 Å². The quantitative estimate of drug-likeness (QED) is 0.0261. The Bertz CT molecular complexity index is 1280. The number of hydrogen-bond donors (Lipinski definition) is 0. The predicted octanol–water partition coefficient (Wildman–Crippen LogP) is 20.8. The topological polar surface area (TPSA) is 78.9 Å². The monoisotopic (exact) mass is 993 g/mol. The van der Waals surface area contributed by atoms with Crippen molar-refractivity contribution >= 4 is 17.9 Å². The Morgan fingerprint density at radius 3 is 0.859 bits per heavy atom. The van der Waals surface area contributed by atoms with Crippen molar-refractivity contribution in [1.82, 2.24) is 0 Å². The van der Waals surface area contributed by atoms with Crippen molar-refractivity contribution in [1.29, 1.82) is 0 Å². The Hall–Kier alpha value is -2.89. The van der Waals surface area contributed by atoms with Crippen LogP contribution < -0.4 is 0 Å². The summed E-state index contributed by atoms with van der Waals surface area (Å²) in [5.41, 5.74) is 0. The molecular formula is C65H116O6. The second-order valence-electron chi connectivity index (χ2n) is 20.6. The van der Waals surface area contributed by atoms with E-state index in [2.05, 4.69) is 81.5 Å². The van der Waals surface area contributed by atoms with Crippen LogP contribution in [-0.2, 0) is 28.6 Å². The highest BCUT2D eigenvalue weighted by Gasteiger charge is 2.19. The molecule has 0 radical (unpaired) electrons. The highest BCUT2D eigenvalue weighted by Crippen LogP contribution is 2.16. The maximum Gasteiger partial charge on any atom is 0.306 e. The van der Waals surface area contributed by atoms with Gasteiger partial charge in [0.2, 0.25) is 0 Å². The molecule has 0 N–H and O–H groups in total. The lowest BCUT2D eigenvalue weighted by Gasteiger charge is -2.18. The van der Waals surface area contributed by atoms with Gasteiger partial charge >= 0.3 is 17.9 Å². The van der Waals surface area contributed by atoms with E-state index in [0.717, 1.165) is 70.6 Å². The molecule has 0 bridgehead atoms. The van der Waals surface area contributed by atoms with Gasteiger partial charge in [-0.2, -0.15) is 0 Å². The van der Waals surface area contributed by atoms with Gasteiger partial charge in [-0.3, -0.25) is 14.4 Å². The molecule has 0 aliphatic heterocycles. The van der Waals surface area contributed by atoms with Crippen molar-refractivity contribution in [2.45, 2.75) is 322 Å². The van der Waals surface area contributed by atoms with Crippen molar-refractivity contribution in [2.75, 3.05) is 13.2 Å². The molecular weight excluding hydrogens is 877 g/mol. The van der Waals surface area contributed by atoms with E-state index in [4.69, 9.17) is 14.2 Å². The summed E-state index contributed by atoms with van der Waals surface area (Å²) in [7, 11) is 0. The molecule has 0 rings (SSSR count). The molecule has 6 nitrogen and oxygen atoms in total. The molecule has 0 spiro atoms. The summed E-state index contributed by atoms with van der Waals surface area (Å²) in [5, 5.41) is 0. The average Bonchev–Trinajstić information content (AvgIpc) is 3.37. The highest BCUT2D eigenvalue weighted by molar-refractivity contribution is 5.71. The lowest BCUT2D eigenvalue weighted by molar-refractivity contribution is -0.167. The van der Waals surface area contributed by atoms with Gasteiger partial charge in [-0.25, -0.2) is 0 Å². The zero-order chi connectivity index (χ0) is 51.4. The Labute approximate surface area is 440 Å². The number of rotatable bonds is 56. The van der Waals surface area contributed by atoms with E-state index in [-0.39, 0.29) is 37.5 Å². The van der Waals surface area contributed by atoms with Crippen molar-refractivity contribution in [3.63, 3.8) is 0 Å². The summed E-state index contributed by atoms with van der Waals surface area (Å²) in [6.07, 6.45) is 75.1. The van der Waals surface area contributed by atoms with E-state index >= 15 is 0 Å². The maximum atomic E-state index is 12.9. The van der Waals surface area contributed by atoms with Crippen LogP contribution in [0.3, 0.4) is 0 Å². The van der Waals surface area contributed by atoms with Crippen LogP contribution in [-0.4, -0.2) is 37.2 Å². The van der Waals surface area contributed by atoms with Gasteiger partial charge in [0.15, 0.2) is 6.10 Å². The average molecular weight is 994 g/mol. The second kappa shape index (κ2) is 59.7. The molecule has 0 amide bonds. The fourth-order valence-electron chi connectivity index (χ4n) is 8.84. The van der Waals surface area contributed by atoms with E-state index in [1.807, 2.05) is 0 Å². The van der Waals surface area contributed by atoms with Crippen LogP contribution in [0.15, 0.2) is 60.8 Å². The number of carbonyl (C=O) groups excluding carboxylic acids is 3. The minimum Gasteiger partial charge on any atom is -0.462 e. The third-order valence-electron chi connectivity index (χ3n) is 13.5. The molecule has 412 valence electrons. The molecule has 0 aliphatic carbocycles. The van der Waals surface area contributed by atoms with E-state index in [1.165, 1.54) is 199 Å². The number of allylic oxidation sites excluding steroid dienone is 10. The van der Waals surface area contributed by atoms with Crippen molar-refractivity contribution in [3.8, 4) is 0 Å². The molecule has 0 saturated carbocycles. The van der Waals surface area contributed by atoms with Crippen molar-refractivity contribution < 1.29 is 28.6 Å². The first-order chi connectivity index (χ1) is 35.0. The van der Waals surface area contributed by atoms with Gasteiger partial charge in [0.1, 0.15) is 13.2 Å². The Morgan fingerprint density at radius 2 is 0.521 bits per heavy atom. The summed E-state index contributed by atoms with van der Waals surface area (Å²) in [6, 6.07) is 0. The zero-order valence-electron chi connectivity index (χ0n) is 47.2. The van der Waals surface area contributed by atoms with Gasteiger partial charge in [-0.05, 0) is 83.5 Å². The standard InChI is InChI=1S/C65H116O6/c1-4-7-10-13-16-19-22-25-28-31-32-35-37-40-43-46-49-52-55-58-64(67)70-61-62(71-65(68)59-56-53-50-47-44-41-38-34-30-27-24-21-18-15-12-9-6-3)60-69-63(66)57-54-51-48-45-42-39-36-33-29-26-23-20-17-14-11-8-5-2/h17,20,26-27,29-30,38,41,47,50,62H,4-16,18-19,21-25,28,31-37,39-40,42-46,48-49,51-61H2,1-3H3/b20-17-,29-26-,30-27-,41-38-,50-47-/t62-/m1/s1. The third-order valence-corrected chi connectivity index (χ3v) is 13.5. The molecule has 0 aromatic heterocycles. The molecule has 71 heavy (non-hydrogen) atoms. The number of carbonyl (C=O) groups is 3. The maximum absolute atomic E-state index is 12.9. The van der Waals surface area contributed by atoms with Gasteiger partial charge in [-0.1, -0.05) is 274 Å². The van der Waals surface area contributed by atoms with Crippen LogP contribution in [0.1, 0.15) is 316 Å². The Morgan fingerprint density at radius 1 is 0.282 bits per heavy atom. The van der Waals surface area contributed by atoms with Gasteiger partial charge in [0, 0.05) is 19.3 Å². The number of ether oxygens (including phenoxy) is 3. The van der Waals surface area contributed by atoms with Crippen LogP contribution in [0, 0.1) is 0 Å². The number of esters is 3. The largest absolute Gasteiger partial charge is 0.462 e. The van der Waals surface area contributed by atoms with E-state index < -0.39 is 6.10 Å². The minimum atomic E-state index is -0.803. The van der Waals surface area contributed by atoms with Crippen LogP contribution in [0.25, 0.3) is 0 Å². The summed E-state index contributed by atoms with van der Waals surface area (Å²) < 4.78 is 16.9. The van der Waals surface area contributed by atoms with Crippen molar-refractivity contribution in [2.24, 2.45) is 0 Å². The molecule has 0 aromatic rings. The SMILES string of the molecule is CCCCC/C=C\C/C=C\CCCCCCCCCC(=O)OC[C@H](COC(=O)CCCCCCCCCCCCCCCCCCCCC)OC(=O)CCC/C=C\C/C=C\C/C=C\CCCCCCCC. The van der Waals surface area contributed by atoms with Gasteiger partial charge in [0.05, 0.1) is 0 Å². The second-order valence-corrected chi connectivity index (χ2v) is 20.6. The van der Waals surface area contributed by atoms with Crippen molar-refractivity contribution in [3.05, 3.63) is 60.8 Å². The van der Waals surface area contributed by atoms with Crippen LogP contribution in [0.2, 0.25) is 0 Å². The minimum absolute atomic E-state index is 0.0938. The molecule has 0 saturated heterocycles. The fraction of sp³-hybridized carbons (Fsp3) is 0.800. The summed E-state index contributed by atoms with van der Waals surface area (Å²) >= 11 is 0. The first kappa shape index (κ1) is 68.1. The normalized spacial score (nSPS) is 12.4. The summed E-state index contributed by atoms with van der Waals surface area (Å²) in [6.45, 7) is 6.60. The van der Waals surface area contributed by atoms with E-state index in [0.29, 0.717) is 19.3 Å². The number of unbranched alkanes of at least 4 members (excludes halogenated alkanes) is 35. The molecule has 0 fully saturated rings.